The number of carbonyl (C=O) groups excluding carboxylic acids is 2. The number of carbonyl (C=O) groups is 2. The number of likely N-dealkylation sites (tertiary alicyclic amines) is 1. The van der Waals surface area contributed by atoms with Gasteiger partial charge in [-0.25, -0.2) is 9.37 Å². The molecule has 4 aromatic rings. The number of benzene rings is 1. The zero-order valence-corrected chi connectivity index (χ0v) is 17.3. The summed E-state index contributed by atoms with van der Waals surface area (Å²) in [4.78, 5) is 32.8. The van der Waals surface area contributed by atoms with Gasteiger partial charge in [0.05, 0.1) is 17.7 Å². The summed E-state index contributed by atoms with van der Waals surface area (Å²) in [6.07, 6.45) is 6.15. The number of hydrogen-bond donors (Lipinski definition) is 1. The highest BCUT2D eigenvalue weighted by atomic mass is 32.1. The van der Waals surface area contributed by atoms with E-state index >= 15 is 0 Å². The van der Waals surface area contributed by atoms with Crippen LogP contribution in [0.25, 0.3) is 16.2 Å². The average Bonchev–Trinajstić information content (AvgIpc) is 3.53. The van der Waals surface area contributed by atoms with Crippen molar-refractivity contribution in [3.05, 3.63) is 65.8 Å². The fourth-order valence-electron chi connectivity index (χ4n) is 3.88. The van der Waals surface area contributed by atoms with E-state index in [0.717, 1.165) is 11.4 Å². The molecule has 3 aromatic heterocycles. The summed E-state index contributed by atoms with van der Waals surface area (Å²) in [7, 11) is 0. The molecule has 0 saturated carbocycles. The van der Waals surface area contributed by atoms with E-state index in [2.05, 4.69) is 10.3 Å². The van der Waals surface area contributed by atoms with Crippen molar-refractivity contribution in [2.75, 3.05) is 18.4 Å². The molecule has 1 aromatic carbocycles. The van der Waals surface area contributed by atoms with Crippen LogP contribution in [0.2, 0.25) is 0 Å². The molecular weight excluding hydrogens is 419 g/mol. The zero-order valence-electron chi connectivity index (χ0n) is 16.5. The predicted octanol–water partition coefficient (Wildman–Crippen LogP) is 4.29. The van der Waals surface area contributed by atoms with Crippen LogP contribution in [0.15, 0.2) is 58.9 Å². The first-order chi connectivity index (χ1) is 15.1. The monoisotopic (exact) mass is 438 g/mol. The molecule has 1 aliphatic rings. The van der Waals surface area contributed by atoms with Crippen LogP contribution in [0.3, 0.4) is 0 Å². The van der Waals surface area contributed by atoms with Crippen molar-refractivity contribution in [2.24, 2.45) is 5.92 Å². The first-order valence-electron chi connectivity index (χ1n) is 9.94. The Bertz CT molecular complexity index is 1230. The normalized spacial score (nSPS) is 16.5. The molecule has 9 heteroatoms. The summed E-state index contributed by atoms with van der Waals surface area (Å²) in [5, 5.41) is 4.90. The van der Waals surface area contributed by atoms with Crippen LogP contribution in [-0.4, -0.2) is 39.2 Å². The van der Waals surface area contributed by atoms with Crippen molar-refractivity contribution in [1.29, 1.82) is 0 Å². The number of thiazole rings is 1. The van der Waals surface area contributed by atoms with Crippen molar-refractivity contribution in [3.8, 4) is 11.3 Å². The van der Waals surface area contributed by atoms with Crippen LogP contribution in [0.5, 0.6) is 0 Å². The van der Waals surface area contributed by atoms with Gasteiger partial charge in [0.2, 0.25) is 5.91 Å². The number of aromatic nitrogens is 2. The molecule has 4 heterocycles. The number of hydrogen-bond acceptors (Lipinski definition) is 5. The van der Waals surface area contributed by atoms with Gasteiger partial charge in [0.1, 0.15) is 23.6 Å². The molecule has 0 aliphatic carbocycles. The third-order valence-electron chi connectivity index (χ3n) is 5.47. The van der Waals surface area contributed by atoms with Crippen LogP contribution in [0.4, 0.5) is 10.2 Å². The van der Waals surface area contributed by atoms with Gasteiger partial charge in [0.15, 0.2) is 4.96 Å². The average molecular weight is 438 g/mol. The van der Waals surface area contributed by atoms with Gasteiger partial charge in [0, 0.05) is 30.2 Å². The number of nitrogens with zero attached hydrogens (tertiary/aromatic N) is 3. The zero-order chi connectivity index (χ0) is 21.4. The maximum absolute atomic E-state index is 13.4. The van der Waals surface area contributed by atoms with Gasteiger partial charge in [-0.3, -0.25) is 14.0 Å². The van der Waals surface area contributed by atoms with E-state index in [4.69, 9.17) is 4.42 Å². The molecular formula is C22H19FN4O3S. The third-order valence-corrected chi connectivity index (χ3v) is 6.23. The van der Waals surface area contributed by atoms with Crippen molar-refractivity contribution in [3.63, 3.8) is 0 Å². The van der Waals surface area contributed by atoms with Gasteiger partial charge in [-0.1, -0.05) is 0 Å². The Kier molecular flexibility index (Phi) is 5.03. The summed E-state index contributed by atoms with van der Waals surface area (Å²) in [5.41, 5.74) is 1.78. The summed E-state index contributed by atoms with van der Waals surface area (Å²) >= 11 is 1.45. The number of rotatable bonds is 4. The molecule has 1 atom stereocenters. The molecule has 0 bridgehead atoms. The quantitative estimate of drug-likeness (QED) is 0.516. The third kappa shape index (κ3) is 3.72. The molecule has 7 nitrogen and oxygen atoms in total. The second kappa shape index (κ2) is 7.99. The summed E-state index contributed by atoms with van der Waals surface area (Å²) in [6, 6.07) is 7.65. The van der Waals surface area contributed by atoms with Crippen molar-refractivity contribution >= 4 is 33.9 Å². The molecule has 0 radical (unpaired) electrons. The lowest BCUT2D eigenvalue weighted by Gasteiger charge is -2.31. The molecule has 1 N–H and O–H groups in total. The number of imidazole rings is 1. The number of anilines is 1. The molecule has 0 spiro atoms. The first-order valence-corrected chi connectivity index (χ1v) is 10.8. The van der Waals surface area contributed by atoms with E-state index in [1.807, 2.05) is 16.0 Å². The molecule has 2 amide bonds. The molecule has 5 rings (SSSR count). The Morgan fingerprint density at radius 1 is 1.23 bits per heavy atom. The SMILES string of the molecule is O=C(Nc1c(-c2ccc(F)cc2)nc2sccn12)[C@H]1CCCN(C(=O)c2ccoc2)C1. The summed E-state index contributed by atoms with van der Waals surface area (Å²) < 4.78 is 20.2. The number of nitrogens with one attached hydrogen (secondary N) is 1. The second-order valence-corrected chi connectivity index (χ2v) is 8.34. The number of piperidine rings is 1. The standard InChI is InChI=1S/C22H19FN4O3S/c23-17-5-3-14(4-6-17)18-19(27-9-11-31-22(27)24-18)25-20(28)15-2-1-8-26(12-15)21(29)16-7-10-30-13-16/h3-7,9-11,13,15H,1-2,8,12H2,(H,25,28)/t15-/m0/s1. The minimum Gasteiger partial charge on any atom is -0.472 e. The highest BCUT2D eigenvalue weighted by Crippen LogP contribution is 2.32. The van der Waals surface area contributed by atoms with Crippen molar-refractivity contribution < 1.29 is 18.4 Å². The minimum absolute atomic E-state index is 0.136. The molecule has 1 fully saturated rings. The van der Waals surface area contributed by atoms with E-state index < -0.39 is 0 Å². The second-order valence-electron chi connectivity index (χ2n) is 7.46. The molecule has 0 unspecified atom stereocenters. The molecule has 158 valence electrons. The van der Waals surface area contributed by atoms with Gasteiger partial charge < -0.3 is 14.6 Å². The maximum Gasteiger partial charge on any atom is 0.257 e. The Hall–Kier alpha value is -3.46. The summed E-state index contributed by atoms with van der Waals surface area (Å²) in [5.74, 6) is -0.426. The van der Waals surface area contributed by atoms with Crippen molar-refractivity contribution in [1.82, 2.24) is 14.3 Å². The first kappa shape index (κ1) is 19.5. The van der Waals surface area contributed by atoms with E-state index in [1.54, 1.807) is 23.1 Å². The van der Waals surface area contributed by atoms with Gasteiger partial charge in [0.25, 0.3) is 5.91 Å². The largest absolute Gasteiger partial charge is 0.472 e. The fraction of sp³-hybridized carbons (Fsp3) is 0.227. The van der Waals surface area contributed by atoms with E-state index in [1.165, 1.54) is 36.0 Å². The van der Waals surface area contributed by atoms with Crippen LogP contribution < -0.4 is 5.32 Å². The van der Waals surface area contributed by atoms with Gasteiger partial charge in [-0.2, -0.15) is 0 Å². The molecule has 31 heavy (non-hydrogen) atoms. The van der Waals surface area contributed by atoms with Crippen LogP contribution in [-0.2, 0) is 4.79 Å². The number of amides is 2. The predicted molar refractivity (Wildman–Crippen MR) is 114 cm³/mol. The number of fused-ring (bicyclic) bond motifs is 1. The lowest BCUT2D eigenvalue weighted by atomic mass is 9.96. The topological polar surface area (TPSA) is 79.9 Å². The number of halogens is 1. The highest BCUT2D eigenvalue weighted by Gasteiger charge is 2.30. The van der Waals surface area contributed by atoms with E-state index in [-0.39, 0.29) is 23.5 Å². The summed E-state index contributed by atoms with van der Waals surface area (Å²) in [6.45, 7) is 0.948. The van der Waals surface area contributed by atoms with E-state index in [9.17, 15) is 14.0 Å². The Labute approximate surface area is 181 Å². The minimum atomic E-state index is -0.338. The van der Waals surface area contributed by atoms with Crippen molar-refractivity contribution in [2.45, 2.75) is 12.8 Å². The maximum atomic E-state index is 13.4. The lowest BCUT2D eigenvalue weighted by Crippen LogP contribution is -2.43. The van der Waals surface area contributed by atoms with Gasteiger partial charge in [-0.15, -0.1) is 11.3 Å². The molecule has 1 saturated heterocycles. The Morgan fingerprint density at radius 3 is 2.84 bits per heavy atom. The van der Waals surface area contributed by atoms with Gasteiger partial charge >= 0.3 is 0 Å². The molecule has 1 aliphatic heterocycles. The van der Waals surface area contributed by atoms with Gasteiger partial charge in [-0.05, 0) is 43.2 Å². The Morgan fingerprint density at radius 2 is 2.06 bits per heavy atom. The highest BCUT2D eigenvalue weighted by molar-refractivity contribution is 7.15. The van der Waals surface area contributed by atoms with Crippen LogP contribution in [0, 0.1) is 11.7 Å². The van der Waals surface area contributed by atoms with Crippen LogP contribution in [0.1, 0.15) is 23.2 Å². The smallest absolute Gasteiger partial charge is 0.257 e. The lowest BCUT2D eigenvalue weighted by molar-refractivity contribution is -0.121. The van der Waals surface area contributed by atoms with E-state index in [0.29, 0.717) is 42.1 Å². The van der Waals surface area contributed by atoms with Crippen LogP contribution >= 0.6 is 11.3 Å². The Balaban J connectivity index is 1.39. The fourth-order valence-corrected chi connectivity index (χ4v) is 4.59. The number of furan rings is 1.